The van der Waals surface area contributed by atoms with Gasteiger partial charge in [-0.25, -0.2) is 4.68 Å². The SMILES string of the molecule is COCn1nnc2ccc(OC)cc21. The Morgan fingerprint density at radius 2 is 2.21 bits per heavy atom. The van der Waals surface area contributed by atoms with Crippen LogP contribution in [0.3, 0.4) is 0 Å². The summed E-state index contributed by atoms with van der Waals surface area (Å²) in [5.74, 6) is 0.789. The number of hydrogen-bond donors (Lipinski definition) is 0. The quantitative estimate of drug-likeness (QED) is 0.730. The van der Waals surface area contributed by atoms with Crippen LogP contribution in [0.2, 0.25) is 0 Å². The second-order valence-electron chi connectivity index (χ2n) is 2.86. The number of nitrogens with zero attached hydrogens (tertiary/aromatic N) is 3. The van der Waals surface area contributed by atoms with Crippen LogP contribution in [0.15, 0.2) is 18.2 Å². The molecule has 0 atom stereocenters. The lowest BCUT2D eigenvalue weighted by atomic mass is 10.3. The Bertz CT molecular complexity index is 439. The molecule has 0 spiro atoms. The van der Waals surface area contributed by atoms with E-state index in [0.717, 1.165) is 16.8 Å². The van der Waals surface area contributed by atoms with Gasteiger partial charge in [0.1, 0.15) is 18.0 Å². The van der Waals surface area contributed by atoms with Gasteiger partial charge >= 0.3 is 0 Å². The third kappa shape index (κ3) is 1.42. The van der Waals surface area contributed by atoms with E-state index in [2.05, 4.69) is 10.3 Å². The van der Waals surface area contributed by atoms with E-state index in [-0.39, 0.29) is 0 Å². The number of rotatable bonds is 3. The second kappa shape index (κ2) is 3.63. The molecule has 0 aliphatic carbocycles. The predicted octanol–water partition coefficient (Wildman–Crippen LogP) is 1.04. The van der Waals surface area contributed by atoms with Crippen molar-refractivity contribution in [2.24, 2.45) is 0 Å². The Morgan fingerprint density at radius 1 is 1.36 bits per heavy atom. The third-order valence-corrected chi connectivity index (χ3v) is 1.97. The zero-order valence-corrected chi connectivity index (χ0v) is 8.10. The molecule has 0 unspecified atom stereocenters. The van der Waals surface area contributed by atoms with Gasteiger partial charge in [-0.05, 0) is 12.1 Å². The molecule has 5 heteroatoms. The van der Waals surface area contributed by atoms with Gasteiger partial charge in [0, 0.05) is 13.2 Å². The highest BCUT2D eigenvalue weighted by atomic mass is 16.5. The Kier molecular flexibility index (Phi) is 2.32. The first-order valence-corrected chi connectivity index (χ1v) is 4.21. The van der Waals surface area contributed by atoms with Crippen LogP contribution in [-0.4, -0.2) is 29.2 Å². The number of ether oxygens (including phenoxy) is 2. The highest BCUT2D eigenvalue weighted by Gasteiger charge is 2.04. The van der Waals surface area contributed by atoms with Crippen LogP contribution in [0, 0.1) is 0 Å². The molecule has 2 rings (SSSR count). The van der Waals surface area contributed by atoms with Gasteiger partial charge in [0.2, 0.25) is 0 Å². The summed E-state index contributed by atoms with van der Waals surface area (Å²) < 4.78 is 11.8. The van der Waals surface area contributed by atoms with Crippen molar-refractivity contribution in [3.05, 3.63) is 18.2 Å². The van der Waals surface area contributed by atoms with Crippen LogP contribution in [-0.2, 0) is 11.5 Å². The van der Waals surface area contributed by atoms with Crippen molar-refractivity contribution in [1.29, 1.82) is 0 Å². The van der Waals surface area contributed by atoms with E-state index < -0.39 is 0 Å². The number of methoxy groups -OCH3 is 2. The van der Waals surface area contributed by atoms with Crippen molar-refractivity contribution in [1.82, 2.24) is 15.0 Å². The van der Waals surface area contributed by atoms with Crippen molar-refractivity contribution in [3.63, 3.8) is 0 Å². The molecule has 0 aliphatic rings. The Hall–Kier alpha value is -1.62. The molecule has 0 saturated heterocycles. The molecule has 0 aliphatic heterocycles. The van der Waals surface area contributed by atoms with Crippen LogP contribution in [0.4, 0.5) is 0 Å². The van der Waals surface area contributed by atoms with Gasteiger partial charge in [-0.1, -0.05) is 5.21 Å². The van der Waals surface area contributed by atoms with E-state index in [4.69, 9.17) is 9.47 Å². The maximum absolute atomic E-state index is 5.12. The number of aromatic nitrogens is 3. The Balaban J connectivity index is 2.52. The summed E-state index contributed by atoms with van der Waals surface area (Å²) in [7, 11) is 3.25. The molecule has 0 fully saturated rings. The molecule has 0 N–H and O–H groups in total. The fourth-order valence-electron chi connectivity index (χ4n) is 1.29. The molecule has 2 aromatic rings. The lowest BCUT2D eigenvalue weighted by molar-refractivity contribution is 0.122. The molecule has 1 aromatic heterocycles. The smallest absolute Gasteiger partial charge is 0.141 e. The van der Waals surface area contributed by atoms with E-state index >= 15 is 0 Å². The predicted molar refractivity (Wildman–Crippen MR) is 51.1 cm³/mol. The standard InChI is InChI=1S/C9H11N3O2/c1-13-6-12-9-5-7(14-2)3-4-8(9)10-11-12/h3-5H,6H2,1-2H3. The monoisotopic (exact) mass is 193 g/mol. The van der Waals surface area contributed by atoms with E-state index in [1.165, 1.54) is 0 Å². The first-order valence-electron chi connectivity index (χ1n) is 4.21. The van der Waals surface area contributed by atoms with Gasteiger partial charge < -0.3 is 9.47 Å². The van der Waals surface area contributed by atoms with Gasteiger partial charge in [0.15, 0.2) is 0 Å². The molecule has 0 saturated carbocycles. The highest BCUT2D eigenvalue weighted by Crippen LogP contribution is 2.18. The van der Waals surface area contributed by atoms with Crippen LogP contribution in [0.25, 0.3) is 11.0 Å². The van der Waals surface area contributed by atoms with Gasteiger partial charge in [-0.2, -0.15) is 0 Å². The Morgan fingerprint density at radius 3 is 2.93 bits per heavy atom. The zero-order chi connectivity index (χ0) is 9.97. The molecular weight excluding hydrogens is 182 g/mol. The molecule has 1 aromatic carbocycles. The zero-order valence-electron chi connectivity index (χ0n) is 8.10. The summed E-state index contributed by atoms with van der Waals surface area (Å²) in [5.41, 5.74) is 1.74. The van der Waals surface area contributed by atoms with Gasteiger partial charge in [-0.3, -0.25) is 0 Å². The summed E-state index contributed by atoms with van der Waals surface area (Å²) in [4.78, 5) is 0. The summed E-state index contributed by atoms with van der Waals surface area (Å²) in [5, 5.41) is 7.94. The van der Waals surface area contributed by atoms with Crippen LogP contribution < -0.4 is 4.74 Å². The van der Waals surface area contributed by atoms with E-state index in [0.29, 0.717) is 6.73 Å². The third-order valence-electron chi connectivity index (χ3n) is 1.97. The van der Waals surface area contributed by atoms with Gasteiger partial charge in [0.25, 0.3) is 0 Å². The fourth-order valence-corrected chi connectivity index (χ4v) is 1.29. The van der Waals surface area contributed by atoms with Crippen LogP contribution >= 0.6 is 0 Å². The average Bonchev–Trinajstić information content (AvgIpc) is 2.61. The van der Waals surface area contributed by atoms with Crippen molar-refractivity contribution < 1.29 is 9.47 Å². The molecular formula is C9H11N3O2. The van der Waals surface area contributed by atoms with Crippen molar-refractivity contribution in [2.75, 3.05) is 14.2 Å². The summed E-state index contributed by atoms with van der Waals surface area (Å²) >= 11 is 0. The summed E-state index contributed by atoms with van der Waals surface area (Å²) in [6.07, 6.45) is 0. The molecule has 1 heterocycles. The number of hydrogen-bond acceptors (Lipinski definition) is 4. The van der Waals surface area contributed by atoms with E-state index in [9.17, 15) is 0 Å². The topological polar surface area (TPSA) is 49.2 Å². The highest BCUT2D eigenvalue weighted by molar-refractivity contribution is 5.75. The minimum Gasteiger partial charge on any atom is -0.497 e. The van der Waals surface area contributed by atoms with Crippen LogP contribution in [0.1, 0.15) is 0 Å². The molecule has 0 amide bonds. The largest absolute Gasteiger partial charge is 0.497 e. The maximum Gasteiger partial charge on any atom is 0.141 e. The van der Waals surface area contributed by atoms with Crippen molar-refractivity contribution >= 4 is 11.0 Å². The van der Waals surface area contributed by atoms with Crippen LogP contribution in [0.5, 0.6) is 5.75 Å². The Labute approximate surface area is 81.2 Å². The first kappa shape index (κ1) is 8.96. The van der Waals surface area contributed by atoms with Gasteiger partial charge in [-0.15, -0.1) is 5.10 Å². The number of fused-ring (bicyclic) bond motifs is 1. The minimum atomic E-state index is 0.393. The second-order valence-corrected chi connectivity index (χ2v) is 2.86. The van der Waals surface area contributed by atoms with E-state index in [1.54, 1.807) is 18.9 Å². The first-order chi connectivity index (χ1) is 6.85. The molecule has 5 nitrogen and oxygen atoms in total. The fraction of sp³-hybridized carbons (Fsp3) is 0.333. The number of benzene rings is 1. The maximum atomic E-state index is 5.12. The summed E-state index contributed by atoms with van der Waals surface area (Å²) in [6, 6.07) is 5.61. The van der Waals surface area contributed by atoms with Crippen molar-refractivity contribution in [3.8, 4) is 5.75 Å². The molecule has 0 radical (unpaired) electrons. The van der Waals surface area contributed by atoms with Crippen molar-refractivity contribution in [2.45, 2.75) is 6.73 Å². The minimum absolute atomic E-state index is 0.393. The molecule has 0 bridgehead atoms. The normalized spacial score (nSPS) is 10.7. The van der Waals surface area contributed by atoms with E-state index in [1.807, 2.05) is 18.2 Å². The molecule has 14 heavy (non-hydrogen) atoms. The lowest BCUT2D eigenvalue weighted by Crippen LogP contribution is -2.01. The van der Waals surface area contributed by atoms with Gasteiger partial charge in [0.05, 0.1) is 12.6 Å². The average molecular weight is 193 g/mol. The summed E-state index contributed by atoms with van der Waals surface area (Å²) in [6.45, 7) is 0.393. The lowest BCUT2D eigenvalue weighted by Gasteiger charge is -2.01. The molecule has 74 valence electrons.